The molecule has 1 rings (SSSR count). The second-order valence-corrected chi connectivity index (χ2v) is 4.36. The zero-order valence-electron chi connectivity index (χ0n) is 8.66. The molecule has 1 aromatic rings. The van der Waals surface area contributed by atoms with Crippen LogP contribution in [0.2, 0.25) is 0 Å². The molecule has 0 radical (unpaired) electrons. The summed E-state index contributed by atoms with van der Waals surface area (Å²) in [5.41, 5.74) is 7.47. The molecular formula is C11H15NO2. The molecule has 3 N–H and O–H groups in total. The van der Waals surface area contributed by atoms with Gasteiger partial charge in [0.25, 0.3) is 0 Å². The van der Waals surface area contributed by atoms with Gasteiger partial charge in [0.15, 0.2) is 0 Å². The molecule has 14 heavy (non-hydrogen) atoms. The quantitative estimate of drug-likeness (QED) is 0.672. The van der Waals surface area contributed by atoms with Crippen LogP contribution in [0.1, 0.15) is 36.7 Å². The highest BCUT2D eigenvalue weighted by atomic mass is 16.4. The maximum absolute atomic E-state index is 10.7. The molecule has 0 aliphatic heterocycles. The molecule has 0 heterocycles. The normalized spacial score (nSPS) is 11.4. The van der Waals surface area contributed by atoms with Crippen molar-refractivity contribution in [3.8, 4) is 0 Å². The topological polar surface area (TPSA) is 63.3 Å². The number of carbonyl (C=O) groups is 1. The molecule has 0 amide bonds. The average Bonchev–Trinajstić information content (AvgIpc) is 2.01. The molecule has 0 saturated carbocycles. The molecule has 0 spiro atoms. The van der Waals surface area contributed by atoms with Gasteiger partial charge in [-0.25, -0.2) is 4.79 Å². The van der Waals surface area contributed by atoms with Gasteiger partial charge in [0.05, 0.1) is 5.56 Å². The standard InChI is InChI=1S/C11H15NO2/c1-11(2,3)8-5-4-7(10(13)14)6-9(8)12/h4-6H,12H2,1-3H3,(H,13,14). The van der Waals surface area contributed by atoms with Crippen molar-refractivity contribution in [1.29, 1.82) is 0 Å². The van der Waals surface area contributed by atoms with Crippen LogP contribution in [0, 0.1) is 0 Å². The first-order valence-corrected chi connectivity index (χ1v) is 4.45. The first-order valence-electron chi connectivity index (χ1n) is 4.45. The summed E-state index contributed by atoms with van der Waals surface area (Å²) < 4.78 is 0. The Labute approximate surface area is 83.6 Å². The van der Waals surface area contributed by atoms with Crippen LogP contribution in [0.25, 0.3) is 0 Å². The van der Waals surface area contributed by atoms with Crippen LogP contribution in [-0.4, -0.2) is 11.1 Å². The monoisotopic (exact) mass is 193 g/mol. The first-order chi connectivity index (χ1) is 6.32. The van der Waals surface area contributed by atoms with E-state index in [0.29, 0.717) is 5.69 Å². The lowest BCUT2D eigenvalue weighted by atomic mass is 9.85. The predicted molar refractivity (Wildman–Crippen MR) is 56.5 cm³/mol. The molecule has 76 valence electrons. The summed E-state index contributed by atoms with van der Waals surface area (Å²) in [4.78, 5) is 10.7. The fourth-order valence-corrected chi connectivity index (χ4v) is 1.38. The van der Waals surface area contributed by atoms with Gasteiger partial charge >= 0.3 is 5.97 Å². The molecule has 0 aliphatic rings. The molecule has 3 nitrogen and oxygen atoms in total. The number of aromatic carboxylic acids is 1. The Morgan fingerprint density at radius 1 is 1.36 bits per heavy atom. The molecule has 0 aliphatic carbocycles. The highest BCUT2D eigenvalue weighted by molar-refractivity contribution is 5.89. The summed E-state index contributed by atoms with van der Waals surface area (Å²) in [5.74, 6) is -0.947. The number of carboxylic acids is 1. The van der Waals surface area contributed by atoms with Crippen molar-refractivity contribution in [2.24, 2.45) is 0 Å². The van der Waals surface area contributed by atoms with Crippen LogP contribution >= 0.6 is 0 Å². The predicted octanol–water partition coefficient (Wildman–Crippen LogP) is 2.26. The Hall–Kier alpha value is -1.51. The van der Waals surface area contributed by atoms with Gasteiger partial charge in [-0.2, -0.15) is 0 Å². The number of carboxylic acid groups (broad SMARTS) is 1. The third kappa shape index (κ3) is 2.05. The number of rotatable bonds is 1. The number of nitrogens with two attached hydrogens (primary N) is 1. The van der Waals surface area contributed by atoms with E-state index >= 15 is 0 Å². The molecule has 0 bridgehead atoms. The number of hydrogen-bond donors (Lipinski definition) is 2. The van der Waals surface area contributed by atoms with Crippen LogP contribution in [0.4, 0.5) is 5.69 Å². The van der Waals surface area contributed by atoms with E-state index < -0.39 is 5.97 Å². The Bertz CT molecular complexity index is 364. The van der Waals surface area contributed by atoms with Crippen molar-refractivity contribution in [3.05, 3.63) is 29.3 Å². The van der Waals surface area contributed by atoms with E-state index in [0.717, 1.165) is 5.56 Å². The number of anilines is 1. The lowest BCUT2D eigenvalue weighted by molar-refractivity contribution is 0.0697. The zero-order valence-corrected chi connectivity index (χ0v) is 8.66. The largest absolute Gasteiger partial charge is 0.478 e. The van der Waals surface area contributed by atoms with Gasteiger partial charge in [-0.05, 0) is 23.1 Å². The van der Waals surface area contributed by atoms with Gasteiger partial charge in [-0.1, -0.05) is 26.8 Å². The zero-order chi connectivity index (χ0) is 10.9. The molecule has 0 aromatic heterocycles. The summed E-state index contributed by atoms with van der Waals surface area (Å²) in [6.45, 7) is 6.12. The molecule has 1 aromatic carbocycles. The lowest BCUT2D eigenvalue weighted by Crippen LogP contribution is -2.14. The van der Waals surface area contributed by atoms with Gasteiger partial charge in [0.2, 0.25) is 0 Å². The maximum atomic E-state index is 10.7. The van der Waals surface area contributed by atoms with Crippen LogP contribution in [-0.2, 0) is 5.41 Å². The van der Waals surface area contributed by atoms with Crippen molar-refractivity contribution in [2.45, 2.75) is 26.2 Å². The lowest BCUT2D eigenvalue weighted by Gasteiger charge is -2.21. The van der Waals surface area contributed by atoms with E-state index in [9.17, 15) is 4.79 Å². The summed E-state index contributed by atoms with van der Waals surface area (Å²) in [6.07, 6.45) is 0. The van der Waals surface area contributed by atoms with E-state index in [1.807, 2.05) is 20.8 Å². The summed E-state index contributed by atoms with van der Waals surface area (Å²) in [7, 11) is 0. The molecule has 3 heteroatoms. The van der Waals surface area contributed by atoms with Gasteiger partial charge in [-0.3, -0.25) is 0 Å². The maximum Gasteiger partial charge on any atom is 0.335 e. The second kappa shape index (κ2) is 3.33. The van der Waals surface area contributed by atoms with Crippen molar-refractivity contribution >= 4 is 11.7 Å². The molecule has 0 atom stereocenters. The summed E-state index contributed by atoms with van der Waals surface area (Å²) >= 11 is 0. The van der Waals surface area contributed by atoms with Crippen LogP contribution in [0.3, 0.4) is 0 Å². The van der Waals surface area contributed by atoms with E-state index in [1.54, 1.807) is 12.1 Å². The summed E-state index contributed by atoms with van der Waals surface area (Å²) in [5, 5.41) is 8.75. The minimum atomic E-state index is -0.947. The molecular weight excluding hydrogens is 178 g/mol. The Morgan fingerprint density at radius 2 is 1.93 bits per heavy atom. The smallest absolute Gasteiger partial charge is 0.335 e. The minimum absolute atomic E-state index is 0.0544. The number of benzene rings is 1. The Morgan fingerprint density at radius 3 is 2.29 bits per heavy atom. The first kappa shape index (κ1) is 10.6. The van der Waals surface area contributed by atoms with Crippen LogP contribution < -0.4 is 5.73 Å². The second-order valence-electron chi connectivity index (χ2n) is 4.36. The van der Waals surface area contributed by atoms with Crippen molar-refractivity contribution < 1.29 is 9.90 Å². The third-order valence-corrected chi connectivity index (χ3v) is 2.11. The highest BCUT2D eigenvalue weighted by Crippen LogP contribution is 2.28. The molecule has 0 saturated heterocycles. The average molecular weight is 193 g/mol. The fraction of sp³-hybridized carbons (Fsp3) is 0.364. The minimum Gasteiger partial charge on any atom is -0.478 e. The van der Waals surface area contributed by atoms with Crippen molar-refractivity contribution in [3.63, 3.8) is 0 Å². The van der Waals surface area contributed by atoms with Crippen molar-refractivity contribution in [1.82, 2.24) is 0 Å². The number of nitrogen functional groups attached to an aromatic ring is 1. The van der Waals surface area contributed by atoms with E-state index in [2.05, 4.69) is 0 Å². The van der Waals surface area contributed by atoms with Gasteiger partial charge in [-0.15, -0.1) is 0 Å². The van der Waals surface area contributed by atoms with E-state index in [1.165, 1.54) is 6.07 Å². The highest BCUT2D eigenvalue weighted by Gasteiger charge is 2.17. The van der Waals surface area contributed by atoms with Crippen LogP contribution in [0.15, 0.2) is 18.2 Å². The van der Waals surface area contributed by atoms with Gasteiger partial charge in [0, 0.05) is 5.69 Å². The molecule has 0 fully saturated rings. The van der Waals surface area contributed by atoms with Gasteiger partial charge < -0.3 is 10.8 Å². The SMILES string of the molecule is CC(C)(C)c1ccc(C(=O)O)cc1N. The van der Waals surface area contributed by atoms with Crippen molar-refractivity contribution in [2.75, 3.05) is 5.73 Å². The molecule has 0 unspecified atom stereocenters. The fourth-order valence-electron chi connectivity index (χ4n) is 1.38. The Balaban J connectivity index is 3.21. The van der Waals surface area contributed by atoms with Gasteiger partial charge in [0.1, 0.15) is 0 Å². The van der Waals surface area contributed by atoms with E-state index in [-0.39, 0.29) is 11.0 Å². The van der Waals surface area contributed by atoms with E-state index in [4.69, 9.17) is 10.8 Å². The third-order valence-electron chi connectivity index (χ3n) is 2.11. The summed E-state index contributed by atoms with van der Waals surface area (Å²) in [6, 6.07) is 4.86. The Kier molecular flexibility index (Phi) is 2.51. The number of hydrogen-bond acceptors (Lipinski definition) is 2. The van der Waals surface area contributed by atoms with Crippen LogP contribution in [0.5, 0.6) is 0 Å².